The Morgan fingerprint density at radius 3 is 2.39 bits per heavy atom. The number of sulfonamides is 1. The van der Waals surface area contributed by atoms with Crippen LogP contribution in [0.25, 0.3) is 0 Å². The molecule has 10 heteroatoms. The van der Waals surface area contributed by atoms with Gasteiger partial charge in [-0.2, -0.15) is 0 Å². The fourth-order valence-corrected chi connectivity index (χ4v) is 5.65. The van der Waals surface area contributed by atoms with Crippen LogP contribution in [0, 0.1) is 0 Å². The lowest BCUT2D eigenvalue weighted by atomic mass is 10.6. The van der Waals surface area contributed by atoms with Gasteiger partial charge >= 0.3 is 0 Å². The molecule has 0 aliphatic carbocycles. The van der Waals surface area contributed by atoms with Crippen LogP contribution in [0.4, 0.5) is 0 Å². The van der Waals surface area contributed by atoms with Crippen LogP contribution in [-0.2, 0) is 14.8 Å². The molecule has 0 fully saturated rings. The zero-order valence-corrected chi connectivity index (χ0v) is 13.8. The average molecular weight is 396 g/mol. The molecular weight excluding hydrogens is 387 g/mol. The monoisotopic (exact) mass is 394 g/mol. The van der Waals surface area contributed by atoms with Crippen LogP contribution in [0.15, 0.2) is 9.37 Å². The maximum Gasteiger partial charge on any atom is 0.244 e. The van der Waals surface area contributed by atoms with Crippen LogP contribution in [0.1, 0.15) is 6.92 Å². The van der Waals surface area contributed by atoms with Gasteiger partial charge in [0.15, 0.2) is 0 Å². The summed E-state index contributed by atoms with van der Waals surface area (Å²) in [6, 6.07) is 0. The van der Waals surface area contributed by atoms with Crippen LogP contribution < -0.4 is 10.0 Å². The van der Waals surface area contributed by atoms with Gasteiger partial charge in [-0.05, 0) is 15.9 Å². The first-order valence-corrected chi connectivity index (χ1v) is 8.48. The van der Waals surface area contributed by atoms with Gasteiger partial charge in [0.1, 0.15) is 13.6 Å². The van der Waals surface area contributed by atoms with Gasteiger partial charge in [-0.1, -0.05) is 23.2 Å². The van der Waals surface area contributed by atoms with E-state index in [4.69, 9.17) is 23.2 Å². The van der Waals surface area contributed by atoms with Gasteiger partial charge in [0.05, 0.1) is 4.47 Å². The lowest BCUT2D eigenvalue weighted by molar-refractivity contribution is -0.118. The fraction of sp³-hybridized carbons (Fsp3) is 0.375. The van der Waals surface area contributed by atoms with E-state index in [1.807, 2.05) is 0 Å². The van der Waals surface area contributed by atoms with Gasteiger partial charge in [-0.15, -0.1) is 11.3 Å². The van der Waals surface area contributed by atoms with Crippen molar-refractivity contribution >= 4 is 66.4 Å². The highest BCUT2D eigenvalue weighted by Crippen LogP contribution is 2.42. The molecule has 0 radical (unpaired) electrons. The number of carbonyl (C=O) groups is 1. The van der Waals surface area contributed by atoms with Crippen molar-refractivity contribution in [3.8, 4) is 0 Å². The molecule has 1 aromatic heterocycles. The lowest BCUT2D eigenvalue weighted by Gasteiger charge is -2.06. The van der Waals surface area contributed by atoms with Crippen LogP contribution in [-0.4, -0.2) is 27.4 Å². The third kappa shape index (κ3) is 4.07. The Hall–Kier alpha value is 0.140. The fourth-order valence-electron chi connectivity index (χ4n) is 1.07. The van der Waals surface area contributed by atoms with Crippen molar-refractivity contribution in [3.05, 3.63) is 13.1 Å². The Balaban J connectivity index is 2.78. The molecule has 0 aliphatic rings. The van der Waals surface area contributed by atoms with Gasteiger partial charge in [0, 0.05) is 20.0 Å². The Labute approximate surface area is 127 Å². The number of amides is 1. The predicted molar refractivity (Wildman–Crippen MR) is 75.9 cm³/mol. The molecule has 0 aromatic carbocycles. The summed E-state index contributed by atoms with van der Waals surface area (Å²) in [5.41, 5.74) is 0. The molecule has 0 bridgehead atoms. The molecule has 0 saturated carbocycles. The van der Waals surface area contributed by atoms with E-state index in [1.165, 1.54) is 6.92 Å². The molecule has 2 N–H and O–H groups in total. The van der Waals surface area contributed by atoms with E-state index in [-0.39, 0.29) is 37.0 Å². The minimum Gasteiger partial charge on any atom is -0.355 e. The van der Waals surface area contributed by atoms with Crippen molar-refractivity contribution in [3.63, 3.8) is 0 Å². The maximum absolute atomic E-state index is 11.9. The highest BCUT2D eigenvalue weighted by Gasteiger charge is 2.25. The van der Waals surface area contributed by atoms with Gasteiger partial charge in [0.2, 0.25) is 15.9 Å². The Kier molecular flexibility index (Phi) is 5.88. The lowest BCUT2D eigenvalue weighted by Crippen LogP contribution is -2.33. The predicted octanol–water partition coefficient (Wildman–Crippen LogP) is 2.23. The summed E-state index contributed by atoms with van der Waals surface area (Å²) < 4.78 is 26.8. The second-order valence-corrected chi connectivity index (χ2v) is 7.89. The summed E-state index contributed by atoms with van der Waals surface area (Å²) in [6.45, 7) is 1.61. The summed E-state index contributed by atoms with van der Waals surface area (Å²) in [5, 5.41) is 2.47. The van der Waals surface area contributed by atoms with E-state index in [9.17, 15) is 13.2 Å². The number of rotatable bonds is 5. The zero-order chi connectivity index (χ0) is 13.9. The highest BCUT2D eigenvalue weighted by atomic mass is 79.9. The van der Waals surface area contributed by atoms with Gasteiger partial charge in [-0.25, -0.2) is 13.1 Å². The smallest absolute Gasteiger partial charge is 0.244 e. The van der Waals surface area contributed by atoms with Gasteiger partial charge in [0.25, 0.3) is 0 Å². The second-order valence-electron chi connectivity index (χ2n) is 3.17. The molecular formula is C8H9BrCl2N2O3S2. The summed E-state index contributed by atoms with van der Waals surface area (Å²) >= 11 is 15.6. The summed E-state index contributed by atoms with van der Waals surface area (Å²) in [6.07, 6.45) is 0. The molecule has 1 amide bonds. The standard InChI is InChI=1S/C8H9BrCl2N2O3S2/c1-4(14)12-2-3-13-18(15,16)6-5(9)7(10)17-8(6)11/h13H,2-3H2,1H3,(H,12,14). The van der Waals surface area contributed by atoms with E-state index < -0.39 is 10.0 Å². The largest absolute Gasteiger partial charge is 0.355 e. The maximum atomic E-state index is 11.9. The average Bonchev–Trinajstić information content (AvgIpc) is 2.48. The van der Waals surface area contributed by atoms with Crippen molar-refractivity contribution in [2.75, 3.05) is 13.1 Å². The van der Waals surface area contributed by atoms with Gasteiger partial charge < -0.3 is 5.32 Å². The SMILES string of the molecule is CC(=O)NCCNS(=O)(=O)c1c(Cl)sc(Cl)c1Br. The Bertz CT molecular complexity index is 559. The van der Waals surface area contributed by atoms with Crippen LogP contribution in [0.2, 0.25) is 8.67 Å². The van der Waals surface area contributed by atoms with Crippen molar-refractivity contribution in [2.24, 2.45) is 0 Å². The number of hydrogen-bond donors (Lipinski definition) is 2. The molecule has 1 rings (SSSR count). The summed E-state index contributed by atoms with van der Waals surface area (Å²) in [7, 11) is -3.75. The number of halogens is 3. The first kappa shape index (κ1) is 16.2. The van der Waals surface area contributed by atoms with E-state index in [1.54, 1.807) is 0 Å². The molecule has 0 atom stereocenters. The number of hydrogen-bond acceptors (Lipinski definition) is 4. The number of thiophene rings is 1. The molecule has 0 aliphatic heterocycles. The molecule has 18 heavy (non-hydrogen) atoms. The molecule has 0 saturated heterocycles. The minimum atomic E-state index is -3.75. The topological polar surface area (TPSA) is 75.3 Å². The minimum absolute atomic E-state index is 0.0676. The second kappa shape index (κ2) is 6.53. The van der Waals surface area contributed by atoms with E-state index in [2.05, 4.69) is 26.0 Å². The number of carbonyl (C=O) groups excluding carboxylic acids is 1. The first-order chi connectivity index (χ1) is 8.25. The van der Waals surface area contributed by atoms with E-state index >= 15 is 0 Å². The van der Waals surface area contributed by atoms with Crippen molar-refractivity contribution in [1.29, 1.82) is 0 Å². The van der Waals surface area contributed by atoms with Crippen LogP contribution in [0.5, 0.6) is 0 Å². The van der Waals surface area contributed by atoms with E-state index in [0.717, 1.165) is 11.3 Å². The molecule has 5 nitrogen and oxygen atoms in total. The molecule has 1 aromatic rings. The van der Waals surface area contributed by atoms with Crippen LogP contribution >= 0.6 is 50.5 Å². The molecule has 1 heterocycles. The van der Waals surface area contributed by atoms with Crippen molar-refractivity contribution < 1.29 is 13.2 Å². The Morgan fingerprint density at radius 2 is 1.94 bits per heavy atom. The Morgan fingerprint density at radius 1 is 1.33 bits per heavy atom. The van der Waals surface area contributed by atoms with E-state index in [0.29, 0.717) is 0 Å². The van der Waals surface area contributed by atoms with Gasteiger partial charge in [-0.3, -0.25) is 4.79 Å². The molecule has 0 spiro atoms. The zero-order valence-electron chi connectivity index (χ0n) is 9.09. The van der Waals surface area contributed by atoms with Crippen molar-refractivity contribution in [1.82, 2.24) is 10.0 Å². The molecule has 0 unspecified atom stereocenters. The third-order valence-electron chi connectivity index (χ3n) is 1.79. The summed E-state index contributed by atoms with van der Waals surface area (Å²) in [4.78, 5) is 10.5. The third-order valence-corrected chi connectivity index (χ3v) is 6.71. The normalized spacial score (nSPS) is 11.6. The quantitative estimate of drug-likeness (QED) is 0.750. The highest BCUT2D eigenvalue weighted by molar-refractivity contribution is 9.10. The van der Waals surface area contributed by atoms with Crippen molar-refractivity contribution in [2.45, 2.75) is 11.8 Å². The summed E-state index contributed by atoms with van der Waals surface area (Å²) in [5.74, 6) is -0.230. The number of nitrogens with one attached hydrogen (secondary N) is 2. The first-order valence-electron chi connectivity index (χ1n) is 4.63. The molecule has 102 valence electrons. The van der Waals surface area contributed by atoms with Crippen LogP contribution in [0.3, 0.4) is 0 Å².